The second kappa shape index (κ2) is 5.35. The summed E-state index contributed by atoms with van der Waals surface area (Å²) in [6.45, 7) is 2.11. The topological polar surface area (TPSA) is 43.1 Å². The zero-order chi connectivity index (χ0) is 7.11. The Morgan fingerprint density at radius 2 is 2.33 bits per heavy atom. The van der Waals surface area contributed by atoms with Crippen LogP contribution in [0.2, 0.25) is 0 Å². The molecule has 0 saturated heterocycles. The lowest BCUT2D eigenvalue weighted by Crippen LogP contribution is -2.05. The molecule has 2 nitrogen and oxygen atoms in total. The molecule has 0 saturated carbocycles. The highest BCUT2D eigenvalue weighted by molar-refractivity contribution is 5.85. The number of nitrogens with two attached hydrogens (primary N) is 1. The molecule has 0 aliphatic carbocycles. The average Bonchev–Trinajstić information content (AvgIpc) is 1.80. The molecule has 0 aliphatic rings. The Balaban J connectivity index is 3.15. The van der Waals surface area contributed by atoms with Gasteiger partial charge in [0.25, 0.3) is 0 Å². The minimum absolute atomic E-state index is 0.355. The fraction of sp³-hybridized carbons (Fsp3) is 0.571. The molecule has 0 aromatic rings. The Morgan fingerprint density at radius 3 is 2.78 bits per heavy atom. The van der Waals surface area contributed by atoms with Crippen LogP contribution in [0, 0.1) is 0 Å². The fourth-order valence-electron chi connectivity index (χ4n) is 0.521. The minimum Gasteiger partial charge on any atom is -0.366 e. The quantitative estimate of drug-likeness (QED) is 0.447. The summed E-state index contributed by atoms with van der Waals surface area (Å²) >= 11 is 0. The molecule has 0 rings (SSSR count). The third-order valence-corrected chi connectivity index (χ3v) is 1.01. The van der Waals surface area contributed by atoms with E-state index in [4.69, 9.17) is 5.73 Å². The Labute approximate surface area is 55.7 Å². The van der Waals surface area contributed by atoms with Gasteiger partial charge in [0.15, 0.2) is 0 Å². The molecule has 9 heavy (non-hydrogen) atoms. The molecule has 0 radical (unpaired) electrons. The van der Waals surface area contributed by atoms with E-state index < -0.39 is 0 Å². The standard InChI is InChI=1S/C7H13NO/c1-2-3-4-5-6-7(8)9/h5-6H,2-4H2,1H3,(H2,8,9)/b6-5-. The van der Waals surface area contributed by atoms with Crippen LogP contribution < -0.4 is 5.73 Å². The second-order valence-corrected chi connectivity index (χ2v) is 1.95. The van der Waals surface area contributed by atoms with Gasteiger partial charge in [-0.05, 0) is 12.5 Å². The molecule has 0 aromatic carbocycles. The van der Waals surface area contributed by atoms with E-state index in [0.29, 0.717) is 0 Å². The molecular formula is C7H13NO. The molecule has 0 fully saturated rings. The smallest absolute Gasteiger partial charge is 0.241 e. The second-order valence-electron chi connectivity index (χ2n) is 1.95. The monoisotopic (exact) mass is 127 g/mol. The van der Waals surface area contributed by atoms with Gasteiger partial charge < -0.3 is 5.73 Å². The van der Waals surface area contributed by atoms with Crippen LogP contribution in [-0.2, 0) is 4.79 Å². The molecule has 0 unspecified atom stereocenters. The number of rotatable bonds is 4. The Bertz CT molecular complexity index is 107. The van der Waals surface area contributed by atoms with Gasteiger partial charge in [0.2, 0.25) is 5.91 Å². The first-order valence-electron chi connectivity index (χ1n) is 3.23. The maximum atomic E-state index is 10.1. The van der Waals surface area contributed by atoms with E-state index in [9.17, 15) is 4.79 Å². The summed E-state index contributed by atoms with van der Waals surface area (Å²) in [5.41, 5.74) is 4.85. The summed E-state index contributed by atoms with van der Waals surface area (Å²) in [6.07, 6.45) is 6.47. The lowest BCUT2D eigenvalue weighted by atomic mass is 10.2. The number of amides is 1. The summed E-state index contributed by atoms with van der Waals surface area (Å²) in [5, 5.41) is 0. The van der Waals surface area contributed by atoms with Gasteiger partial charge in [-0.3, -0.25) is 4.79 Å². The number of hydrogen-bond acceptors (Lipinski definition) is 1. The Hall–Kier alpha value is -0.790. The molecule has 1 amide bonds. The average molecular weight is 127 g/mol. The van der Waals surface area contributed by atoms with Crippen LogP contribution in [0.15, 0.2) is 12.2 Å². The number of allylic oxidation sites excluding steroid dienone is 1. The molecule has 0 aromatic heterocycles. The number of hydrogen-bond donors (Lipinski definition) is 1. The van der Waals surface area contributed by atoms with E-state index in [1.165, 1.54) is 6.08 Å². The van der Waals surface area contributed by atoms with Crippen LogP contribution in [0.4, 0.5) is 0 Å². The largest absolute Gasteiger partial charge is 0.366 e. The highest BCUT2D eigenvalue weighted by Crippen LogP contribution is 1.93. The van der Waals surface area contributed by atoms with Crippen molar-refractivity contribution in [3.63, 3.8) is 0 Å². The van der Waals surface area contributed by atoms with Gasteiger partial charge in [0, 0.05) is 0 Å². The first-order chi connectivity index (χ1) is 4.27. The van der Waals surface area contributed by atoms with Crippen LogP contribution in [0.3, 0.4) is 0 Å². The van der Waals surface area contributed by atoms with Crippen molar-refractivity contribution in [2.75, 3.05) is 0 Å². The van der Waals surface area contributed by atoms with Gasteiger partial charge >= 0.3 is 0 Å². The summed E-state index contributed by atoms with van der Waals surface area (Å²) < 4.78 is 0. The number of primary amides is 1. The van der Waals surface area contributed by atoms with Crippen molar-refractivity contribution in [1.82, 2.24) is 0 Å². The van der Waals surface area contributed by atoms with Crippen molar-refractivity contribution in [3.8, 4) is 0 Å². The first kappa shape index (κ1) is 8.21. The van der Waals surface area contributed by atoms with E-state index in [-0.39, 0.29) is 5.91 Å². The van der Waals surface area contributed by atoms with E-state index in [0.717, 1.165) is 19.3 Å². The van der Waals surface area contributed by atoms with E-state index in [1.54, 1.807) is 0 Å². The lowest BCUT2D eigenvalue weighted by Gasteiger charge is -1.85. The van der Waals surface area contributed by atoms with E-state index >= 15 is 0 Å². The van der Waals surface area contributed by atoms with Gasteiger partial charge in [-0.1, -0.05) is 25.8 Å². The lowest BCUT2D eigenvalue weighted by molar-refractivity contribution is -0.113. The van der Waals surface area contributed by atoms with Gasteiger partial charge in [0.05, 0.1) is 0 Å². The zero-order valence-electron chi connectivity index (χ0n) is 5.76. The van der Waals surface area contributed by atoms with Gasteiger partial charge in [0.1, 0.15) is 0 Å². The first-order valence-corrected chi connectivity index (χ1v) is 3.23. The van der Waals surface area contributed by atoms with E-state index in [1.807, 2.05) is 6.08 Å². The van der Waals surface area contributed by atoms with Crippen molar-refractivity contribution in [3.05, 3.63) is 12.2 Å². The predicted octanol–water partition coefficient (Wildman–Crippen LogP) is 1.22. The van der Waals surface area contributed by atoms with Gasteiger partial charge in [-0.25, -0.2) is 0 Å². The van der Waals surface area contributed by atoms with Gasteiger partial charge in [-0.2, -0.15) is 0 Å². The molecule has 52 valence electrons. The van der Waals surface area contributed by atoms with Crippen molar-refractivity contribution in [1.29, 1.82) is 0 Å². The highest BCUT2D eigenvalue weighted by atomic mass is 16.1. The van der Waals surface area contributed by atoms with Crippen LogP contribution in [0.5, 0.6) is 0 Å². The highest BCUT2D eigenvalue weighted by Gasteiger charge is 1.80. The summed E-state index contributed by atoms with van der Waals surface area (Å²) in [7, 11) is 0. The van der Waals surface area contributed by atoms with Crippen LogP contribution in [0.25, 0.3) is 0 Å². The number of unbranched alkanes of at least 4 members (excludes halogenated alkanes) is 2. The molecule has 0 aliphatic heterocycles. The summed E-state index contributed by atoms with van der Waals surface area (Å²) in [5.74, 6) is -0.355. The number of carbonyl (C=O) groups excluding carboxylic acids is 1. The minimum atomic E-state index is -0.355. The third kappa shape index (κ3) is 7.21. The number of carbonyl (C=O) groups is 1. The zero-order valence-corrected chi connectivity index (χ0v) is 5.76. The molecule has 0 atom stereocenters. The Morgan fingerprint density at radius 1 is 1.67 bits per heavy atom. The van der Waals surface area contributed by atoms with Crippen LogP contribution >= 0.6 is 0 Å². The summed E-state index contributed by atoms with van der Waals surface area (Å²) in [4.78, 5) is 10.1. The molecular weight excluding hydrogens is 114 g/mol. The van der Waals surface area contributed by atoms with Crippen LogP contribution in [0.1, 0.15) is 26.2 Å². The summed E-state index contributed by atoms with van der Waals surface area (Å²) in [6, 6.07) is 0. The molecule has 0 heterocycles. The fourth-order valence-corrected chi connectivity index (χ4v) is 0.521. The maximum Gasteiger partial charge on any atom is 0.241 e. The normalized spacial score (nSPS) is 10.3. The Kier molecular flexibility index (Phi) is 4.88. The maximum absolute atomic E-state index is 10.1. The predicted molar refractivity (Wildman–Crippen MR) is 37.9 cm³/mol. The van der Waals surface area contributed by atoms with Crippen molar-refractivity contribution in [2.45, 2.75) is 26.2 Å². The molecule has 0 bridgehead atoms. The van der Waals surface area contributed by atoms with Crippen molar-refractivity contribution in [2.24, 2.45) is 5.73 Å². The van der Waals surface area contributed by atoms with Crippen molar-refractivity contribution < 1.29 is 4.79 Å². The van der Waals surface area contributed by atoms with Crippen LogP contribution in [-0.4, -0.2) is 5.91 Å². The SMILES string of the molecule is CCCC/C=C\C(N)=O. The molecule has 2 heteroatoms. The van der Waals surface area contributed by atoms with Crippen molar-refractivity contribution >= 4 is 5.91 Å². The molecule has 2 N–H and O–H groups in total. The third-order valence-electron chi connectivity index (χ3n) is 1.01. The van der Waals surface area contributed by atoms with Gasteiger partial charge in [-0.15, -0.1) is 0 Å². The molecule has 0 spiro atoms. The van der Waals surface area contributed by atoms with E-state index in [2.05, 4.69) is 6.92 Å².